The predicted octanol–water partition coefficient (Wildman–Crippen LogP) is 3.91. The molecule has 0 fully saturated rings. The van der Waals surface area contributed by atoms with Crippen LogP contribution in [0.1, 0.15) is 11.1 Å². The molecule has 17 heavy (non-hydrogen) atoms. The number of benzene rings is 2. The average molecular weight is 246 g/mol. The molecule has 2 aromatic rings. The lowest BCUT2D eigenvalue weighted by atomic mass is 10.2. The van der Waals surface area contributed by atoms with Gasteiger partial charge >= 0.3 is 0 Å². The highest BCUT2D eigenvalue weighted by atomic mass is 35.5. The molecule has 0 N–H and O–H groups in total. The summed E-state index contributed by atoms with van der Waals surface area (Å²) in [5, 5.41) is 12.5. The van der Waals surface area contributed by atoms with E-state index in [1.54, 1.807) is 36.4 Å². The quantitative estimate of drug-likeness (QED) is 0.341. The second-order valence-corrected chi connectivity index (χ2v) is 4.28. The molecule has 0 aliphatic carbocycles. The number of halogens is 1. The number of aryl methyl sites for hydroxylation is 1. The van der Waals surface area contributed by atoms with Crippen molar-refractivity contribution >= 4 is 23.5 Å². The fourth-order valence-corrected chi connectivity index (χ4v) is 1.58. The summed E-state index contributed by atoms with van der Waals surface area (Å²) in [6, 6.07) is 14.6. The molecule has 0 unspecified atom stereocenters. The van der Waals surface area contributed by atoms with E-state index < -0.39 is 0 Å². The van der Waals surface area contributed by atoms with Crippen LogP contribution in [0.2, 0.25) is 5.02 Å². The maximum Gasteiger partial charge on any atom is 0.216 e. The molecule has 0 amide bonds. The van der Waals surface area contributed by atoms with E-state index in [0.717, 1.165) is 15.9 Å². The van der Waals surface area contributed by atoms with Crippen molar-refractivity contribution in [2.75, 3.05) is 0 Å². The molecule has 0 aromatic heterocycles. The van der Waals surface area contributed by atoms with Crippen LogP contribution >= 0.6 is 11.6 Å². The van der Waals surface area contributed by atoms with Gasteiger partial charge < -0.3 is 5.21 Å². The maximum absolute atomic E-state index is 11.8. The van der Waals surface area contributed by atoms with Crippen LogP contribution in [-0.4, -0.2) is 11.0 Å². The normalized spacial score (nSPS) is 11.5. The van der Waals surface area contributed by atoms with Gasteiger partial charge in [0.05, 0.1) is 0 Å². The van der Waals surface area contributed by atoms with Crippen molar-refractivity contribution in [2.24, 2.45) is 0 Å². The Morgan fingerprint density at radius 3 is 2.18 bits per heavy atom. The largest absolute Gasteiger partial charge is 0.618 e. The molecule has 2 rings (SSSR count). The summed E-state index contributed by atoms with van der Waals surface area (Å²) < 4.78 is 0.850. The van der Waals surface area contributed by atoms with Crippen LogP contribution in [0.25, 0.3) is 0 Å². The molecule has 0 aliphatic heterocycles. The second-order valence-electron chi connectivity index (χ2n) is 3.84. The van der Waals surface area contributed by atoms with Crippen LogP contribution in [0.4, 0.5) is 5.69 Å². The minimum Gasteiger partial charge on any atom is -0.618 e. The first-order valence-corrected chi connectivity index (χ1v) is 5.66. The van der Waals surface area contributed by atoms with Crippen molar-refractivity contribution in [3.63, 3.8) is 0 Å². The second kappa shape index (κ2) is 5.02. The molecular weight excluding hydrogens is 234 g/mol. The lowest BCUT2D eigenvalue weighted by molar-refractivity contribution is -0.354. The fraction of sp³-hybridized carbons (Fsp3) is 0.0714. The van der Waals surface area contributed by atoms with Crippen LogP contribution in [0.3, 0.4) is 0 Å². The summed E-state index contributed by atoms with van der Waals surface area (Å²) in [6.07, 6.45) is 1.53. The Balaban J connectivity index is 2.27. The van der Waals surface area contributed by atoms with Crippen molar-refractivity contribution in [1.29, 1.82) is 0 Å². The number of nitrogens with zero attached hydrogens (tertiary/aromatic N) is 1. The first-order chi connectivity index (χ1) is 8.15. The Morgan fingerprint density at radius 2 is 1.59 bits per heavy atom. The molecule has 2 nitrogen and oxygen atoms in total. The van der Waals surface area contributed by atoms with Gasteiger partial charge in [0.1, 0.15) is 0 Å². The highest BCUT2D eigenvalue weighted by Gasteiger charge is 2.00. The zero-order chi connectivity index (χ0) is 12.3. The number of hydrogen-bond acceptors (Lipinski definition) is 1. The van der Waals surface area contributed by atoms with E-state index in [1.807, 2.05) is 19.1 Å². The predicted molar refractivity (Wildman–Crippen MR) is 71.1 cm³/mol. The summed E-state index contributed by atoms with van der Waals surface area (Å²) >= 11 is 5.78. The van der Waals surface area contributed by atoms with E-state index in [4.69, 9.17) is 11.6 Å². The SMILES string of the molecule is Cc1ccc(/[N+]([O-])=C/c2ccc(Cl)cc2)cc1. The highest BCUT2D eigenvalue weighted by molar-refractivity contribution is 6.30. The van der Waals surface area contributed by atoms with Gasteiger partial charge in [-0.05, 0) is 31.2 Å². The molecule has 0 heterocycles. The molecule has 0 saturated heterocycles. The van der Waals surface area contributed by atoms with E-state index in [-0.39, 0.29) is 0 Å². The van der Waals surface area contributed by atoms with E-state index in [1.165, 1.54) is 6.21 Å². The van der Waals surface area contributed by atoms with Gasteiger partial charge in [0.15, 0.2) is 6.21 Å². The molecule has 0 bridgehead atoms. The monoisotopic (exact) mass is 245 g/mol. The van der Waals surface area contributed by atoms with Crippen LogP contribution < -0.4 is 0 Å². The molecule has 0 spiro atoms. The van der Waals surface area contributed by atoms with Crippen LogP contribution in [0.5, 0.6) is 0 Å². The zero-order valence-electron chi connectivity index (χ0n) is 9.43. The summed E-state index contributed by atoms with van der Waals surface area (Å²) in [4.78, 5) is 0. The maximum atomic E-state index is 11.8. The van der Waals surface area contributed by atoms with Crippen molar-refractivity contribution in [3.05, 3.63) is 69.9 Å². The smallest absolute Gasteiger partial charge is 0.216 e. The van der Waals surface area contributed by atoms with Gasteiger partial charge in [0.2, 0.25) is 5.69 Å². The van der Waals surface area contributed by atoms with Gasteiger partial charge in [0, 0.05) is 22.7 Å². The van der Waals surface area contributed by atoms with Crippen molar-refractivity contribution in [1.82, 2.24) is 0 Å². The van der Waals surface area contributed by atoms with E-state index in [2.05, 4.69) is 0 Å². The standard InChI is InChI=1S/C14H12ClNO/c1-11-2-8-14(9-3-11)16(17)10-12-4-6-13(15)7-5-12/h2-10H,1H3/b16-10-. The Morgan fingerprint density at radius 1 is 1.00 bits per heavy atom. The van der Waals surface area contributed by atoms with Gasteiger partial charge in [-0.1, -0.05) is 29.3 Å². The third kappa shape index (κ3) is 3.08. The lowest BCUT2D eigenvalue weighted by Gasteiger charge is -2.03. The molecule has 3 heteroatoms. The van der Waals surface area contributed by atoms with Gasteiger partial charge in [-0.3, -0.25) is 0 Å². The van der Waals surface area contributed by atoms with Gasteiger partial charge in [-0.25, -0.2) is 0 Å². The van der Waals surface area contributed by atoms with Gasteiger partial charge in [-0.15, -0.1) is 0 Å². The first-order valence-electron chi connectivity index (χ1n) is 5.28. The lowest BCUT2D eigenvalue weighted by Crippen LogP contribution is -1.98. The van der Waals surface area contributed by atoms with E-state index >= 15 is 0 Å². The van der Waals surface area contributed by atoms with Crippen LogP contribution in [-0.2, 0) is 0 Å². The molecule has 0 aliphatic rings. The molecular formula is C14H12ClNO. The average Bonchev–Trinajstić information content (AvgIpc) is 2.33. The molecule has 2 aromatic carbocycles. The third-order valence-electron chi connectivity index (χ3n) is 2.42. The van der Waals surface area contributed by atoms with Crippen LogP contribution in [0.15, 0.2) is 48.5 Å². The van der Waals surface area contributed by atoms with E-state index in [0.29, 0.717) is 10.7 Å². The third-order valence-corrected chi connectivity index (χ3v) is 2.68. The Kier molecular flexibility index (Phi) is 3.45. The van der Waals surface area contributed by atoms with Gasteiger partial charge in [0.25, 0.3) is 0 Å². The summed E-state index contributed by atoms with van der Waals surface area (Å²) in [7, 11) is 0. The molecule has 0 radical (unpaired) electrons. The number of rotatable bonds is 2. The first kappa shape index (κ1) is 11.7. The Hall–Kier alpha value is -1.80. The minimum atomic E-state index is 0.616. The minimum absolute atomic E-state index is 0.616. The molecule has 0 saturated carbocycles. The molecule has 0 atom stereocenters. The van der Waals surface area contributed by atoms with Crippen molar-refractivity contribution in [2.45, 2.75) is 6.92 Å². The number of hydrogen-bond donors (Lipinski definition) is 0. The summed E-state index contributed by atoms with van der Waals surface area (Å²) in [6.45, 7) is 1.99. The summed E-state index contributed by atoms with van der Waals surface area (Å²) in [5.74, 6) is 0. The van der Waals surface area contributed by atoms with Crippen LogP contribution in [0, 0.1) is 12.1 Å². The highest BCUT2D eigenvalue weighted by Crippen LogP contribution is 2.13. The Labute approximate surface area is 105 Å². The zero-order valence-corrected chi connectivity index (χ0v) is 10.2. The topological polar surface area (TPSA) is 26.1 Å². The van der Waals surface area contributed by atoms with Gasteiger partial charge in [-0.2, -0.15) is 4.74 Å². The van der Waals surface area contributed by atoms with Crippen molar-refractivity contribution < 1.29 is 4.74 Å². The van der Waals surface area contributed by atoms with E-state index in [9.17, 15) is 5.21 Å². The van der Waals surface area contributed by atoms with Crippen molar-refractivity contribution in [3.8, 4) is 0 Å². The Bertz CT molecular complexity index is 529. The summed E-state index contributed by atoms with van der Waals surface area (Å²) in [5.41, 5.74) is 2.57. The fourth-order valence-electron chi connectivity index (χ4n) is 1.45. The molecule has 86 valence electrons.